The van der Waals surface area contributed by atoms with Gasteiger partial charge in [0.25, 0.3) is 0 Å². The van der Waals surface area contributed by atoms with Crippen molar-refractivity contribution in [3.63, 3.8) is 0 Å². The lowest BCUT2D eigenvalue weighted by atomic mass is 9.96. The minimum absolute atomic E-state index is 0.180. The van der Waals surface area contributed by atoms with Crippen molar-refractivity contribution < 1.29 is 13.1 Å². The van der Waals surface area contributed by atoms with E-state index in [1.54, 1.807) is 0 Å². The molecule has 1 rings (SSSR count). The maximum Gasteiger partial charge on any atom is 0.152 e. The summed E-state index contributed by atoms with van der Waals surface area (Å²) >= 11 is 2.30. The van der Waals surface area contributed by atoms with E-state index >= 15 is 0 Å². The Hall–Kier alpha value is -0.390. The fourth-order valence-corrected chi connectivity index (χ4v) is 2.27. The van der Waals surface area contributed by atoms with Crippen LogP contribution in [-0.2, 0) is 15.3 Å². The molecule has 0 amide bonds. The van der Waals surface area contributed by atoms with Gasteiger partial charge in [0, 0.05) is 16.1 Å². The lowest BCUT2D eigenvalue weighted by Crippen LogP contribution is -2.27. The molecule has 0 fully saturated rings. The molecule has 0 saturated heterocycles. The van der Waals surface area contributed by atoms with Gasteiger partial charge in [-0.05, 0) is 37.1 Å². The predicted octanol–water partition coefficient (Wildman–Crippen LogP) is 3.78. The van der Waals surface area contributed by atoms with E-state index in [4.69, 9.17) is 8.92 Å². The summed E-state index contributed by atoms with van der Waals surface area (Å²) in [7, 11) is 0. The minimum atomic E-state index is -1.23. The second kappa shape index (κ2) is 6.86. The highest BCUT2D eigenvalue weighted by Crippen LogP contribution is 2.27. The van der Waals surface area contributed by atoms with Crippen LogP contribution < -0.4 is 4.74 Å². The smallest absolute Gasteiger partial charge is 0.152 e. The third kappa shape index (κ3) is 5.63. The number of ether oxygens (including phenoxy) is 1. The first kappa shape index (κ1) is 16.7. The fraction of sp³-hybridized carbons (Fsp3) is 0.571. The van der Waals surface area contributed by atoms with Gasteiger partial charge in [-0.2, -0.15) is 0 Å². The predicted molar refractivity (Wildman–Crippen MR) is 82.9 cm³/mol. The van der Waals surface area contributed by atoms with Crippen molar-refractivity contribution in [1.82, 2.24) is 0 Å². The normalized spacial score (nSPS) is 13.4. The third-order valence-electron chi connectivity index (χ3n) is 2.66. The molecule has 108 valence electrons. The average molecular weight is 349 g/mol. The topological polar surface area (TPSA) is 35.5 Å². The standard InChI is InChI=1S/C14H21BrO3S/c1-10-6-12(7-11(2)13(10)15)17-8-14(3,4)9-18-19(5)16/h6-7H,8-9H2,1-5H3. The molecule has 1 aromatic rings. The molecule has 0 heterocycles. The minimum Gasteiger partial charge on any atom is -0.493 e. The van der Waals surface area contributed by atoms with Gasteiger partial charge in [0.2, 0.25) is 0 Å². The zero-order valence-corrected chi connectivity index (χ0v) is 14.5. The second-order valence-electron chi connectivity index (χ2n) is 5.49. The van der Waals surface area contributed by atoms with Crippen molar-refractivity contribution in [3.05, 3.63) is 27.7 Å². The summed E-state index contributed by atoms with van der Waals surface area (Å²) < 4.78 is 23.0. The molecular weight excluding hydrogens is 328 g/mol. The molecule has 0 aliphatic rings. The number of aryl methyl sites for hydroxylation is 2. The molecule has 0 aromatic heterocycles. The number of rotatable bonds is 6. The molecule has 19 heavy (non-hydrogen) atoms. The Balaban J connectivity index is 2.63. The van der Waals surface area contributed by atoms with E-state index < -0.39 is 11.1 Å². The number of hydrogen-bond donors (Lipinski definition) is 0. The summed E-state index contributed by atoms with van der Waals surface area (Å²) in [4.78, 5) is 0. The van der Waals surface area contributed by atoms with E-state index in [1.807, 2.05) is 39.8 Å². The molecule has 0 bridgehead atoms. The molecule has 1 unspecified atom stereocenters. The molecule has 0 saturated carbocycles. The van der Waals surface area contributed by atoms with Crippen LogP contribution in [0.1, 0.15) is 25.0 Å². The van der Waals surface area contributed by atoms with E-state index in [0.29, 0.717) is 13.2 Å². The van der Waals surface area contributed by atoms with Crippen LogP contribution in [0.25, 0.3) is 0 Å². The van der Waals surface area contributed by atoms with Crippen LogP contribution in [0.4, 0.5) is 0 Å². The quantitative estimate of drug-likeness (QED) is 0.784. The molecule has 0 radical (unpaired) electrons. The molecule has 5 heteroatoms. The summed E-state index contributed by atoms with van der Waals surface area (Å²) in [6.45, 7) is 9.06. The Morgan fingerprint density at radius 2 is 1.74 bits per heavy atom. The lowest BCUT2D eigenvalue weighted by Gasteiger charge is -2.24. The lowest BCUT2D eigenvalue weighted by molar-refractivity contribution is 0.119. The first-order valence-electron chi connectivity index (χ1n) is 6.07. The zero-order chi connectivity index (χ0) is 14.6. The van der Waals surface area contributed by atoms with Crippen molar-refractivity contribution in [2.24, 2.45) is 5.41 Å². The van der Waals surface area contributed by atoms with Crippen molar-refractivity contribution in [2.75, 3.05) is 19.5 Å². The van der Waals surface area contributed by atoms with Crippen molar-refractivity contribution in [1.29, 1.82) is 0 Å². The Morgan fingerprint density at radius 1 is 1.21 bits per heavy atom. The number of hydrogen-bond acceptors (Lipinski definition) is 3. The summed E-state index contributed by atoms with van der Waals surface area (Å²) in [6, 6.07) is 4.01. The molecule has 3 nitrogen and oxygen atoms in total. The van der Waals surface area contributed by atoms with Gasteiger partial charge in [-0.1, -0.05) is 29.8 Å². The van der Waals surface area contributed by atoms with Crippen LogP contribution >= 0.6 is 15.9 Å². The summed E-state index contributed by atoms with van der Waals surface area (Å²) in [5.74, 6) is 0.851. The summed E-state index contributed by atoms with van der Waals surface area (Å²) in [5, 5.41) is 0. The molecule has 0 aliphatic heterocycles. The molecular formula is C14H21BrO3S. The first-order chi connectivity index (χ1) is 8.71. The van der Waals surface area contributed by atoms with Crippen LogP contribution in [-0.4, -0.2) is 23.7 Å². The largest absolute Gasteiger partial charge is 0.493 e. The van der Waals surface area contributed by atoms with Gasteiger partial charge in [0.1, 0.15) is 5.75 Å². The Morgan fingerprint density at radius 3 is 2.21 bits per heavy atom. The SMILES string of the molecule is Cc1cc(OCC(C)(C)COS(C)=O)cc(C)c1Br. The third-order valence-corrected chi connectivity index (χ3v) is 4.36. The van der Waals surface area contributed by atoms with E-state index in [2.05, 4.69) is 15.9 Å². The Labute approximate surface area is 126 Å². The van der Waals surface area contributed by atoms with Gasteiger partial charge < -0.3 is 4.74 Å². The summed E-state index contributed by atoms with van der Waals surface area (Å²) in [5.41, 5.74) is 2.12. The van der Waals surface area contributed by atoms with Gasteiger partial charge in [-0.15, -0.1) is 0 Å². The van der Waals surface area contributed by atoms with Crippen LogP contribution in [0.2, 0.25) is 0 Å². The Bertz CT molecular complexity index is 449. The monoisotopic (exact) mass is 348 g/mol. The van der Waals surface area contributed by atoms with Crippen LogP contribution in [0.5, 0.6) is 5.75 Å². The Kier molecular flexibility index (Phi) is 6.02. The molecule has 1 atom stereocenters. The van der Waals surface area contributed by atoms with E-state index in [1.165, 1.54) is 6.26 Å². The first-order valence-corrected chi connectivity index (χ1v) is 8.35. The average Bonchev–Trinajstić information content (AvgIpc) is 2.31. The van der Waals surface area contributed by atoms with E-state index in [9.17, 15) is 4.21 Å². The van der Waals surface area contributed by atoms with Gasteiger partial charge >= 0.3 is 0 Å². The second-order valence-corrected chi connectivity index (χ2v) is 7.32. The highest BCUT2D eigenvalue weighted by molar-refractivity contribution is 9.10. The highest BCUT2D eigenvalue weighted by Gasteiger charge is 2.20. The van der Waals surface area contributed by atoms with Gasteiger partial charge in [-0.25, -0.2) is 4.21 Å². The van der Waals surface area contributed by atoms with E-state index in [0.717, 1.165) is 21.3 Å². The van der Waals surface area contributed by atoms with Gasteiger partial charge in [0.05, 0.1) is 13.2 Å². The molecule has 1 aromatic carbocycles. The van der Waals surface area contributed by atoms with Gasteiger partial charge in [0.15, 0.2) is 11.1 Å². The summed E-state index contributed by atoms with van der Waals surface area (Å²) in [6.07, 6.45) is 1.53. The number of halogens is 1. The maximum atomic E-state index is 10.9. The zero-order valence-electron chi connectivity index (χ0n) is 12.1. The van der Waals surface area contributed by atoms with Crippen LogP contribution in [0.3, 0.4) is 0 Å². The van der Waals surface area contributed by atoms with Gasteiger partial charge in [-0.3, -0.25) is 4.18 Å². The van der Waals surface area contributed by atoms with Crippen LogP contribution in [0.15, 0.2) is 16.6 Å². The highest BCUT2D eigenvalue weighted by atomic mass is 79.9. The van der Waals surface area contributed by atoms with Crippen molar-refractivity contribution in [3.8, 4) is 5.75 Å². The molecule has 0 spiro atoms. The molecule has 0 aliphatic carbocycles. The van der Waals surface area contributed by atoms with Crippen LogP contribution in [0, 0.1) is 19.3 Å². The van der Waals surface area contributed by atoms with Crippen molar-refractivity contribution in [2.45, 2.75) is 27.7 Å². The van der Waals surface area contributed by atoms with E-state index in [-0.39, 0.29) is 5.41 Å². The fourth-order valence-electron chi connectivity index (χ4n) is 1.55. The maximum absolute atomic E-state index is 10.9. The number of benzene rings is 1. The van der Waals surface area contributed by atoms with Crippen molar-refractivity contribution >= 4 is 27.0 Å². The molecule has 0 N–H and O–H groups in total.